The molecule has 2 heteroatoms. The fourth-order valence-electron chi connectivity index (χ4n) is 0.865. The Kier molecular flexibility index (Phi) is 2.25. The first-order valence-corrected chi connectivity index (χ1v) is 4.29. The second-order valence-electron chi connectivity index (χ2n) is 2.55. The van der Waals surface area contributed by atoms with E-state index in [4.69, 9.17) is 5.41 Å². The van der Waals surface area contributed by atoms with Crippen molar-refractivity contribution in [2.24, 2.45) is 0 Å². The van der Waals surface area contributed by atoms with Gasteiger partial charge in [-0.05, 0) is 35.6 Å². The third-order valence-electron chi connectivity index (χ3n) is 1.68. The summed E-state index contributed by atoms with van der Waals surface area (Å²) in [5, 5.41) is 10.2. The van der Waals surface area contributed by atoms with Gasteiger partial charge in [-0.3, -0.25) is 0 Å². The number of hydrogen-bond donors (Lipinski definition) is 1. The SMILES string of the molecule is C=c1c(C)cs/c1=C(\C)C=N. The highest BCUT2D eigenvalue weighted by atomic mass is 32.1. The Morgan fingerprint density at radius 2 is 2.36 bits per heavy atom. The van der Waals surface area contributed by atoms with Gasteiger partial charge in [-0.1, -0.05) is 6.58 Å². The first-order chi connectivity index (χ1) is 5.16. The third kappa shape index (κ3) is 1.40. The lowest BCUT2D eigenvalue weighted by Crippen LogP contribution is -2.20. The normalized spacial score (nSPS) is 12.9. The van der Waals surface area contributed by atoms with E-state index in [2.05, 4.69) is 12.0 Å². The standard InChI is InChI=1S/C9H11NS/c1-6(4-10)9-8(3)7(2)5-11-9/h4-5,10H,3H2,1-2H3/b9-6+,10-4?. The summed E-state index contributed by atoms with van der Waals surface area (Å²) in [5.74, 6) is 0. The predicted molar refractivity (Wildman–Crippen MR) is 51.7 cm³/mol. The molecule has 0 fully saturated rings. The van der Waals surface area contributed by atoms with E-state index in [0.717, 1.165) is 15.3 Å². The fourth-order valence-corrected chi connectivity index (χ4v) is 1.85. The summed E-state index contributed by atoms with van der Waals surface area (Å²) in [6.45, 7) is 7.91. The maximum atomic E-state index is 7.07. The van der Waals surface area contributed by atoms with Gasteiger partial charge in [-0.2, -0.15) is 0 Å². The van der Waals surface area contributed by atoms with Gasteiger partial charge in [0, 0.05) is 10.7 Å². The summed E-state index contributed by atoms with van der Waals surface area (Å²) in [6.07, 6.45) is 1.37. The van der Waals surface area contributed by atoms with Gasteiger partial charge in [0.2, 0.25) is 0 Å². The lowest BCUT2D eigenvalue weighted by molar-refractivity contribution is 1.47. The third-order valence-corrected chi connectivity index (χ3v) is 2.95. The molecule has 0 aliphatic carbocycles. The minimum absolute atomic E-state index is 0.994. The molecule has 0 unspecified atom stereocenters. The molecular formula is C9H11NS. The molecule has 11 heavy (non-hydrogen) atoms. The van der Waals surface area contributed by atoms with Gasteiger partial charge >= 0.3 is 0 Å². The first kappa shape index (κ1) is 8.21. The van der Waals surface area contributed by atoms with Gasteiger partial charge in [-0.25, -0.2) is 0 Å². The number of hydrogen-bond acceptors (Lipinski definition) is 2. The Labute approximate surface area is 70.2 Å². The smallest absolute Gasteiger partial charge is 0.0383 e. The molecule has 1 aromatic rings. The lowest BCUT2D eigenvalue weighted by Gasteiger charge is -1.84. The molecular weight excluding hydrogens is 154 g/mol. The molecule has 0 saturated carbocycles. The van der Waals surface area contributed by atoms with Gasteiger partial charge in [0.15, 0.2) is 0 Å². The highest BCUT2D eigenvalue weighted by Gasteiger charge is 1.93. The molecule has 0 spiro atoms. The highest BCUT2D eigenvalue weighted by molar-refractivity contribution is 7.08. The average molecular weight is 165 g/mol. The fraction of sp³-hybridized carbons (Fsp3) is 0.222. The van der Waals surface area contributed by atoms with Crippen molar-refractivity contribution in [3.63, 3.8) is 0 Å². The molecule has 1 aromatic heterocycles. The zero-order valence-electron chi connectivity index (χ0n) is 6.77. The quantitative estimate of drug-likeness (QED) is 0.606. The molecule has 1 heterocycles. The molecule has 1 nitrogen and oxygen atoms in total. The summed E-state index contributed by atoms with van der Waals surface area (Å²) in [4.78, 5) is 0. The van der Waals surface area contributed by atoms with Crippen LogP contribution in [0, 0.1) is 12.3 Å². The molecule has 1 N–H and O–H groups in total. The van der Waals surface area contributed by atoms with Crippen molar-refractivity contribution in [1.29, 1.82) is 5.41 Å². The number of aryl methyl sites for hydroxylation is 1. The van der Waals surface area contributed by atoms with E-state index >= 15 is 0 Å². The minimum Gasteiger partial charge on any atom is -0.308 e. The summed E-state index contributed by atoms with van der Waals surface area (Å²) < 4.78 is 1.14. The Balaban J connectivity index is 3.60. The zero-order chi connectivity index (χ0) is 8.43. The molecule has 0 amide bonds. The van der Waals surface area contributed by atoms with Crippen LogP contribution in [0.1, 0.15) is 12.5 Å². The van der Waals surface area contributed by atoms with E-state index in [1.165, 1.54) is 11.8 Å². The van der Waals surface area contributed by atoms with Gasteiger partial charge in [0.25, 0.3) is 0 Å². The monoisotopic (exact) mass is 165 g/mol. The van der Waals surface area contributed by atoms with Crippen LogP contribution < -0.4 is 9.75 Å². The van der Waals surface area contributed by atoms with Crippen LogP contribution in [0.3, 0.4) is 0 Å². The Morgan fingerprint density at radius 3 is 2.73 bits per heavy atom. The molecule has 58 valence electrons. The van der Waals surface area contributed by atoms with Crippen molar-refractivity contribution in [1.82, 2.24) is 0 Å². The highest BCUT2D eigenvalue weighted by Crippen LogP contribution is 1.93. The van der Waals surface area contributed by atoms with Gasteiger partial charge in [-0.15, -0.1) is 11.3 Å². The summed E-state index contributed by atoms with van der Waals surface area (Å²) >= 11 is 1.66. The Bertz CT molecular complexity index is 373. The number of rotatable bonds is 1. The van der Waals surface area contributed by atoms with Crippen LogP contribution in [0.4, 0.5) is 0 Å². The van der Waals surface area contributed by atoms with E-state index in [0.29, 0.717) is 0 Å². The molecule has 0 atom stereocenters. The number of nitrogens with one attached hydrogen (secondary N) is 1. The summed E-state index contributed by atoms with van der Waals surface area (Å²) in [7, 11) is 0. The second kappa shape index (κ2) is 3.01. The lowest BCUT2D eigenvalue weighted by atomic mass is 10.2. The number of thiophene rings is 1. The van der Waals surface area contributed by atoms with Crippen LogP contribution >= 0.6 is 11.3 Å². The minimum atomic E-state index is 0.994. The van der Waals surface area contributed by atoms with Crippen LogP contribution in [0.15, 0.2) is 5.38 Å². The molecule has 0 aromatic carbocycles. The second-order valence-corrected chi connectivity index (χ2v) is 3.43. The predicted octanol–water partition coefficient (Wildman–Crippen LogP) is 1.29. The molecule has 0 saturated heterocycles. The summed E-state index contributed by atoms with van der Waals surface area (Å²) in [6, 6.07) is 0. The van der Waals surface area contributed by atoms with E-state index in [9.17, 15) is 0 Å². The van der Waals surface area contributed by atoms with Crippen LogP contribution in [0.25, 0.3) is 12.2 Å². The van der Waals surface area contributed by atoms with E-state index in [1.807, 2.05) is 13.8 Å². The van der Waals surface area contributed by atoms with Gasteiger partial charge in [0.1, 0.15) is 0 Å². The Morgan fingerprint density at radius 1 is 1.73 bits per heavy atom. The molecule has 0 aliphatic rings. The van der Waals surface area contributed by atoms with Crippen LogP contribution in [-0.4, -0.2) is 6.21 Å². The Hall–Kier alpha value is -0.890. The van der Waals surface area contributed by atoms with E-state index in [-0.39, 0.29) is 0 Å². The van der Waals surface area contributed by atoms with E-state index < -0.39 is 0 Å². The average Bonchev–Trinajstić information content (AvgIpc) is 2.32. The van der Waals surface area contributed by atoms with Crippen LogP contribution in [0.2, 0.25) is 0 Å². The molecule has 1 rings (SSSR count). The van der Waals surface area contributed by atoms with Crippen molar-refractivity contribution in [3.8, 4) is 0 Å². The molecule has 0 bridgehead atoms. The summed E-state index contributed by atoms with van der Waals surface area (Å²) in [5.41, 5.74) is 2.21. The van der Waals surface area contributed by atoms with Crippen molar-refractivity contribution in [2.45, 2.75) is 13.8 Å². The van der Waals surface area contributed by atoms with Crippen LogP contribution in [-0.2, 0) is 0 Å². The zero-order valence-corrected chi connectivity index (χ0v) is 7.59. The van der Waals surface area contributed by atoms with Crippen molar-refractivity contribution >= 4 is 29.7 Å². The van der Waals surface area contributed by atoms with Crippen LogP contribution in [0.5, 0.6) is 0 Å². The van der Waals surface area contributed by atoms with Crippen molar-refractivity contribution in [3.05, 3.63) is 20.7 Å². The maximum Gasteiger partial charge on any atom is 0.0383 e. The first-order valence-electron chi connectivity index (χ1n) is 3.41. The van der Waals surface area contributed by atoms with Gasteiger partial charge in [0.05, 0.1) is 0 Å². The molecule has 0 aliphatic heterocycles. The van der Waals surface area contributed by atoms with Crippen molar-refractivity contribution < 1.29 is 0 Å². The maximum absolute atomic E-state index is 7.07. The van der Waals surface area contributed by atoms with E-state index in [1.54, 1.807) is 11.3 Å². The van der Waals surface area contributed by atoms with Crippen molar-refractivity contribution in [2.75, 3.05) is 0 Å². The van der Waals surface area contributed by atoms with Gasteiger partial charge < -0.3 is 5.41 Å². The molecule has 0 radical (unpaired) electrons. The largest absolute Gasteiger partial charge is 0.308 e. The topological polar surface area (TPSA) is 23.9 Å².